The fourth-order valence-electron chi connectivity index (χ4n) is 3.06. The summed E-state index contributed by atoms with van der Waals surface area (Å²) >= 11 is 1.89. The molecule has 1 saturated heterocycles. The summed E-state index contributed by atoms with van der Waals surface area (Å²) in [5.41, 5.74) is 1.32. The molecule has 0 saturated carbocycles. The lowest BCUT2D eigenvalue weighted by atomic mass is 9.97. The molecule has 1 aromatic rings. The van der Waals surface area contributed by atoms with Crippen LogP contribution in [0.25, 0.3) is 0 Å². The number of hydrogen-bond acceptors (Lipinski definition) is 5. The van der Waals surface area contributed by atoms with Gasteiger partial charge in [0, 0.05) is 18.5 Å². The number of rotatable bonds is 5. The summed E-state index contributed by atoms with van der Waals surface area (Å²) in [4.78, 5) is 8.77. The predicted molar refractivity (Wildman–Crippen MR) is 83.7 cm³/mol. The highest BCUT2D eigenvalue weighted by molar-refractivity contribution is 7.15. The van der Waals surface area contributed by atoms with Gasteiger partial charge in [-0.15, -0.1) is 11.3 Å². The van der Waals surface area contributed by atoms with Crippen LogP contribution in [0.4, 0.5) is 5.13 Å². The maximum atomic E-state index is 5.50. The molecule has 1 aromatic heterocycles. The van der Waals surface area contributed by atoms with E-state index in [0.717, 1.165) is 26.2 Å². The largest absolute Gasteiger partial charge is 0.379 e. The molecular weight excluding hydrogens is 270 g/mol. The molecule has 2 heterocycles. The lowest BCUT2D eigenvalue weighted by Crippen LogP contribution is -2.31. The van der Waals surface area contributed by atoms with Crippen molar-refractivity contribution in [3.63, 3.8) is 0 Å². The second-order valence-electron chi connectivity index (χ2n) is 5.83. The first-order chi connectivity index (χ1) is 9.79. The summed E-state index contributed by atoms with van der Waals surface area (Å²) in [7, 11) is 2.16. The van der Waals surface area contributed by atoms with Gasteiger partial charge in [0.15, 0.2) is 5.13 Å². The lowest BCUT2D eigenvalue weighted by molar-refractivity contribution is 0.193. The summed E-state index contributed by atoms with van der Waals surface area (Å²) in [6, 6.07) is 0.974. The van der Waals surface area contributed by atoms with Crippen molar-refractivity contribution >= 4 is 16.5 Å². The van der Waals surface area contributed by atoms with Crippen LogP contribution >= 0.6 is 11.3 Å². The molecule has 2 unspecified atom stereocenters. The molecule has 4 nitrogen and oxygen atoms in total. The topological polar surface area (TPSA) is 37.4 Å². The molecule has 0 bridgehead atoms. The molecule has 0 amide bonds. The van der Waals surface area contributed by atoms with Crippen molar-refractivity contribution in [3.05, 3.63) is 10.6 Å². The van der Waals surface area contributed by atoms with Crippen molar-refractivity contribution in [1.29, 1.82) is 0 Å². The van der Waals surface area contributed by atoms with E-state index >= 15 is 0 Å². The quantitative estimate of drug-likeness (QED) is 0.906. The standard InChI is InChI=1S/C15H25N3OS/c1-3-8-16-12-5-4-6-13-14(12)17-15(20-13)18(2)11-7-9-19-10-11/h11-12,16H,3-10H2,1-2H3. The third kappa shape index (κ3) is 2.85. The first-order valence-corrected chi connectivity index (χ1v) is 8.64. The first-order valence-electron chi connectivity index (χ1n) is 7.83. The molecule has 2 aliphatic rings. The van der Waals surface area contributed by atoms with Crippen molar-refractivity contribution in [3.8, 4) is 0 Å². The molecule has 0 aromatic carbocycles. The van der Waals surface area contributed by atoms with Gasteiger partial charge in [-0.1, -0.05) is 6.92 Å². The smallest absolute Gasteiger partial charge is 0.185 e. The minimum absolute atomic E-state index is 0.469. The molecule has 3 rings (SSSR count). The van der Waals surface area contributed by atoms with Gasteiger partial charge in [-0.25, -0.2) is 4.98 Å². The second-order valence-corrected chi connectivity index (χ2v) is 6.89. The van der Waals surface area contributed by atoms with E-state index in [9.17, 15) is 0 Å². The molecule has 0 spiro atoms. The van der Waals surface area contributed by atoms with Crippen LogP contribution in [0.1, 0.15) is 49.2 Å². The summed E-state index contributed by atoms with van der Waals surface area (Å²) in [6.07, 6.45) is 6.02. The van der Waals surface area contributed by atoms with E-state index in [1.807, 2.05) is 11.3 Å². The van der Waals surface area contributed by atoms with Gasteiger partial charge in [0.25, 0.3) is 0 Å². The van der Waals surface area contributed by atoms with E-state index in [1.54, 1.807) is 0 Å². The number of nitrogens with zero attached hydrogens (tertiary/aromatic N) is 2. The predicted octanol–water partition coefficient (Wildman–Crippen LogP) is 2.75. The molecule has 1 aliphatic carbocycles. The monoisotopic (exact) mass is 295 g/mol. The van der Waals surface area contributed by atoms with Gasteiger partial charge in [-0.05, 0) is 38.6 Å². The van der Waals surface area contributed by atoms with Crippen molar-refractivity contribution in [2.24, 2.45) is 0 Å². The minimum atomic E-state index is 0.469. The van der Waals surface area contributed by atoms with Crippen molar-refractivity contribution in [2.75, 3.05) is 31.7 Å². The number of aryl methyl sites for hydroxylation is 1. The van der Waals surface area contributed by atoms with E-state index in [0.29, 0.717) is 12.1 Å². The zero-order chi connectivity index (χ0) is 13.9. The van der Waals surface area contributed by atoms with Crippen molar-refractivity contribution < 1.29 is 4.74 Å². The number of thiazole rings is 1. The van der Waals surface area contributed by atoms with Crippen LogP contribution in [0, 0.1) is 0 Å². The Morgan fingerprint density at radius 3 is 3.10 bits per heavy atom. The van der Waals surface area contributed by atoms with Crippen molar-refractivity contribution in [1.82, 2.24) is 10.3 Å². The minimum Gasteiger partial charge on any atom is -0.379 e. The Labute approximate surface area is 125 Å². The van der Waals surface area contributed by atoms with Crippen LogP contribution < -0.4 is 10.2 Å². The van der Waals surface area contributed by atoms with E-state index in [-0.39, 0.29) is 0 Å². The molecular formula is C15H25N3OS. The summed E-state index contributed by atoms with van der Waals surface area (Å²) < 4.78 is 5.50. The fourth-order valence-corrected chi connectivity index (χ4v) is 4.25. The lowest BCUT2D eigenvalue weighted by Gasteiger charge is -2.23. The number of ether oxygens (including phenoxy) is 1. The average molecular weight is 295 g/mol. The Kier molecular flexibility index (Phi) is 4.58. The molecule has 1 N–H and O–H groups in total. The number of aromatic nitrogens is 1. The van der Waals surface area contributed by atoms with Crippen LogP contribution in [-0.2, 0) is 11.2 Å². The highest BCUT2D eigenvalue weighted by atomic mass is 32.1. The first kappa shape index (κ1) is 14.3. The third-order valence-electron chi connectivity index (χ3n) is 4.34. The number of anilines is 1. The van der Waals surface area contributed by atoms with E-state index in [1.165, 1.54) is 41.4 Å². The number of nitrogens with one attached hydrogen (secondary N) is 1. The van der Waals surface area contributed by atoms with Gasteiger partial charge in [-0.2, -0.15) is 0 Å². The Morgan fingerprint density at radius 2 is 2.35 bits per heavy atom. The van der Waals surface area contributed by atoms with Crippen LogP contribution in [0.15, 0.2) is 0 Å². The Hall–Kier alpha value is -0.650. The SMILES string of the molecule is CCCNC1CCCc2sc(N(C)C3CCOC3)nc21. The van der Waals surface area contributed by atoms with E-state index < -0.39 is 0 Å². The van der Waals surface area contributed by atoms with Crippen molar-refractivity contribution in [2.45, 2.75) is 51.1 Å². The average Bonchev–Trinajstić information content (AvgIpc) is 3.12. The Bertz CT molecular complexity index is 442. The summed E-state index contributed by atoms with van der Waals surface area (Å²) in [5, 5.41) is 4.83. The van der Waals surface area contributed by atoms with Gasteiger partial charge in [0.1, 0.15) is 0 Å². The molecule has 1 fully saturated rings. The molecule has 2 atom stereocenters. The van der Waals surface area contributed by atoms with Gasteiger partial charge in [0.05, 0.1) is 24.4 Å². The molecule has 5 heteroatoms. The van der Waals surface area contributed by atoms with Crippen LogP contribution in [-0.4, -0.2) is 37.8 Å². The highest BCUT2D eigenvalue weighted by Crippen LogP contribution is 2.37. The van der Waals surface area contributed by atoms with Gasteiger partial charge in [0.2, 0.25) is 0 Å². The molecule has 112 valence electrons. The van der Waals surface area contributed by atoms with Crippen LogP contribution in [0.2, 0.25) is 0 Å². The molecule has 0 radical (unpaired) electrons. The normalized spacial score (nSPS) is 25.7. The zero-order valence-electron chi connectivity index (χ0n) is 12.5. The maximum absolute atomic E-state index is 5.50. The molecule has 1 aliphatic heterocycles. The second kappa shape index (κ2) is 6.41. The third-order valence-corrected chi connectivity index (χ3v) is 5.56. The van der Waals surface area contributed by atoms with Gasteiger partial charge in [-0.3, -0.25) is 0 Å². The van der Waals surface area contributed by atoms with Gasteiger partial charge >= 0.3 is 0 Å². The van der Waals surface area contributed by atoms with Crippen LogP contribution in [0.5, 0.6) is 0 Å². The van der Waals surface area contributed by atoms with Crippen LogP contribution in [0.3, 0.4) is 0 Å². The highest BCUT2D eigenvalue weighted by Gasteiger charge is 2.28. The van der Waals surface area contributed by atoms with Gasteiger partial charge < -0.3 is 15.0 Å². The zero-order valence-corrected chi connectivity index (χ0v) is 13.3. The van der Waals surface area contributed by atoms with E-state index in [2.05, 4.69) is 24.2 Å². The maximum Gasteiger partial charge on any atom is 0.185 e. The fraction of sp³-hybridized carbons (Fsp3) is 0.800. The number of likely N-dealkylation sites (N-methyl/N-ethyl adjacent to an activating group) is 1. The summed E-state index contributed by atoms with van der Waals surface area (Å²) in [6.45, 7) is 5.04. The Balaban J connectivity index is 1.76. The van der Waals surface area contributed by atoms with E-state index in [4.69, 9.17) is 9.72 Å². The molecule has 20 heavy (non-hydrogen) atoms. The summed E-state index contributed by atoms with van der Waals surface area (Å²) in [5.74, 6) is 0. The number of fused-ring (bicyclic) bond motifs is 1. The number of hydrogen-bond donors (Lipinski definition) is 1. The Morgan fingerprint density at radius 1 is 1.45 bits per heavy atom.